The van der Waals surface area contributed by atoms with Gasteiger partial charge >= 0.3 is 18.2 Å². The minimum Gasteiger partial charge on any atom is -0.493 e. The molecule has 1 spiro atoms. The molecule has 5 aliphatic heterocycles. The number of carboxylic acids is 1. The second-order valence-electron chi connectivity index (χ2n) is 27.2. The van der Waals surface area contributed by atoms with Gasteiger partial charge in [-0.15, -0.1) is 11.8 Å². The Balaban J connectivity index is 0.622. The van der Waals surface area contributed by atoms with Crippen molar-refractivity contribution >= 4 is 52.9 Å². The van der Waals surface area contributed by atoms with Crippen LogP contribution in [-0.2, 0) is 62.3 Å². The molecule has 4 aromatic carbocycles. The van der Waals surface area contributed by atoms with E-state index >= 15 is 0 Å². The van der Waals surface area contributed by atoms with Crippen molar-refractivity contribution in [3.8, 4) is 40.6 Å². The Hall–Kier alpha value is -8.70. The third-order valence-corrected chi connectivity index (χ3v) is 20.4. The van der Waals surface area contributed by atoms with Gasteiger partial charge in [-0.3, -0.25) is 14.4 Å². The van der Waals surface area contributed by atoms with Crippen molar-refractivity contribution in [3.63, 3.8) is 0 Å². The number of nitrogens with zero attached hydrogens (tertiary/aromatic N) is 3. The van der Waals surface area contributed by atoms with Gasteiger partial charge < -0.3 is 108 Å². The Bertz CT molecular complexity index is 3730. The molecular weight excluding hydrogens is 1340 g/mol. The van der Waals surface area contributed by atoms with Gasteiger partial charge in [0, 0.05) is 51.2 Å². The third-order valence-electron chi connectivity index (χ3n) is 20.4. The molecule has 4 aromatic rings. The van der Waals surface area contributed by atoms with E-state index < -0.39 is 79.6 Å². The molecule has 0 radical (unpaired) electrons. The zero-order chi connectivity index (χ0) is 72.2. The van der Waals surface area contributed by atoms with E-state index in [0.29, 0.717) is 125 Å². The number of alkyl carbamates (subject to hydrolysis) is 1. The van der Waals surface area contributed by atoms with Crippen molar-refractivity contribution in [2.45, 2.75) is 139 Å². The second-order valence-corrected chi connectivity index (χ2v) is 27.2. The molecule has 103 heavy (non-hydrogen) atoms. The van der Waals surface area contributed by atoms with Crippen LogP contribution >= 0.6 is 0 Å². The van der Waals surface area contributed by atoms with Gasteiger partial charge in [-0.1, -0.05) is 30.3 Å². The highest BCUT2D eigenvalue weighted by Crippen LogP contribution is 2.57. The van der Waals surface area contributed by atoms with E-state index in [2.05, 4.69) is 39.9 Å². The van der Waals surface area contributed by atoms with Crippen molar-refractivity contribution in [1.82, 2.24) is 15.1 Å². The molecule has 4 fully saturated rings. The van der Waals surface area contributed by atoms with Gasteiger partial charge in [-0.2, -0.15) is 0 Å². The predicted molar refractivity (Wildman–Crippen MR) is 367 cm³/mol. The number of ether oxygens (including phenoxy) is 12. The van der Waals surface area contributed by atoms with Crippen molar-refractivity contribution in [2.75, 3.05) is 122 Å². The zero-order valence-corrected chi connectivity index (χ0v) is 57.9. The van der Waals surface area contributed by atoms with Crippen LogP contribution in [0.15, 0.2) is 66.7 Å². The molecular formula is C74H92N6O23. The quantitative estimate of drug-likeness (QED) is 0.0212. The Morgan fingerprint density at radius 2 is 1.34 bits per heavy atom. The van der Waals surface area contributed by atoms with E-state index in [1.807, 2.05) is 23.1 Å². The van der Waals surface area contributed by atoms with E-state index in [-0.39, 0.29) is 103 Å². The van der Waals surface area contributed by atoms with Crippen molar-refractivity contribution in [3.05, 3.63) is 94.5 Å². The first-order valence-electron chi connectivity index (χ1n) is 35.5. The first-order valence-corrected chi connectivity index (χ1v) is 35.5. The number of carbonyl (C=O) groups is 6. The number of aliphatic carboxylic acids is 1. The number of anilines is 3. The topological polar surface area (TPSA) is 360 Å². The molecule has 5 amide bonds. The molecule has 0 aromatic heterocycles. The number of hydrogen-bond acceptors (Lipinski definition) is 23. The number of hydrogen-bond donors (Lipinski definition) is 8. The SMILES string of the molecule is COc1cc2c(cc1OCCCCCOc1cc3c(cc1OC)C(=O)N1CC4(CC4)C[C@H]1[C@H](O)N3C(=O)OCc1ccc(O[C@@H]3O[C@H](C(=O)O)[C@@H](O)[C@H](O)[C@H]3O)c(NC(=O)CCOCCOCCOCCOCCNC(=O)OCC3[C@H]4CCC#CCC[C@@H]34)c1)NC[C@@H]1Cc3ccccc3CN1C2=O. The molecule has 8 N–H and O–H groups in total. The fourth-order valence-corrected chi connectivity index (χ4v) is 14.5. The number of nitrogens with one attached hydrogen (secondary N) is 3. The maximum atomic E-state index is 14.7. The van der Waals surface area contributed by atoms with Crippen LogP contribution in [0.4, 0.5) is 26.7 Å². The summed E-state index contributed by atoms with van der Waals surface area (Å²) < 4.78 is 69.1. The van der Waals surface area contributed by atoms with Gasteiger partial charge in [0.2, 0.25) is 12.2 Å². The van der Waals surface area contributed by atoms with Crippen LogP contribution in [0.2, 0.25) is 0 Å². The van der Waals surface area contributed by atoms with E-state index in [9.17, 15) is 54.3 Å². The summed E-state index contributed by atoms with van der Waals surface area (Å²) in [6.45, 7) is 3.98. The summed E-state index contributed by atoms with van der Waals surface area (Å²) in [4.78, 5) is 85.6. The molecule has 29 nitrogen and oxygen atoms in total. The summed E-state index contributed by atoms with van der Waals surface area (Å²) in [5.74, 6) is 6.44. The van der Waals surface area contributed by atoms with Crippen molar-refractivity contribution < 1.29 is 111 Å². The average Bonchev–Trinajstić information content (AvgIpc) is 1.57. The number of methoxy groups -OCH3 is 2. The van der Waals surface area contributed by atoms with E-state index in [0.717, 1.165) is 55.4 Å². The van der Waals surface area contributed by atoms with E-state index in [4.69, 9.17) is 56.8 Å². The number of unbranched alkanes of at least 4 members (excludes halogenated alkanes) is 2. The zero-order valence-electron chi connectivity index (χ0n) is 57.9. The van der Waals surface area contributed by atoms with Crippen molar-refractivity contribution in [1.29, 1.82) is 0 Å². The highest BCUT2D eigenvalue weighted by atomic mass is 16.7. The summed E-state index contributed by atoms with van der Waals surface area (Å²) in [6, 6.07) is 18.1. The van der Waals surface area contributed by atoms with Crippen LogP contribution in [0.3, 0.4) is 0 Å². The van der Waals surface area contributed by atoms with Gasteiger partial charge in [0.1, 0.15) is 30.7 Å². The predicted octanol–water partition coefficient (Wildman–Crippen LogP) is 5.63. The Labute approximate surface area is 596 Å². The molecule has 3 aliphatic carbocycles. The number of aliphatic hydroxyl groups excluding tert-OH is 4. The average molecular weight is 1430 g/mol. The highest BCUT2D eigenvalue weighted by molar-refractivity contribution is 6.06. The monoisotopic (exact) mass is 1430 g/mol. The molecule has 5 heterocycles. The maximum absolute atomic E-state index is 14.7. The smallest absolute Gasteiger partial charge is 0.416 e. The lowest BCUT2D eigenvalue weighted by atomic mass is 9.94. The fourth-order valence-electron chi connectivity index (χ4n) is 14.5. The number of benzene rings is 4. The number of fused-ring (bicyclic) bond motifs is 6. The van der Waals surface area contributed by atoms with Gasteiger partial charge in [0.25, 0.3) is 11.8 Å². The molecule has 0 bridgehead atoms. The standard InChI is InChI=1S/C74H92N6O23/c1-92-58-34-50-53(76-39-47-33-45-12-8-9-13-46(45)40-78(47)67(50)85)36-60(58)98-22-10-5-11-23-99-61-37-55-51(35-59(61)93-2)68(86)79-43-74(19-20-74)38-56(79)69(87)80(55)73(91)101-41-44-16-17-57(102-71-65(84)63(82)64(83)66(103-71)70(88)89)54(32-44)77-62(81)18-24-94-26-28-96-30-31-97-29-27-95-25-21-75-72(90)100-42-52-48-14-6-3-4-7-15-49(48)52/h8-9,12-13,16-17,32,34-37,47-49,52,56,63-66,69,71,76,82-84,87H,5-7,10-11,14-15,18-31,33,38-43H2,1-2H3,(H,75,90)(H,77,81)(H,88,89)/t47-,48-,49+,52?,56-,63-,64-,65+,66-,69-,71+/m0/s1. The summed E-state index contributed by atoms with van der Waals surface area (Å²) in [5.41, 5.74) is 3.65. The fraction of sp³-hybridized carbons (Fsp3) is 0.568. The molecule has 2 saturated carbocycles. The molecule has 2 saturated heterocycles. The first kappa shape index (κ1) is 74.0. The summed E-state index contributed by atoms with van der Waals surface area (Å²) in [7, 11) is 2.97. The van der Waals surface area contributed by atoms with Gasteiger partial charge in [-0.25, -0.2) is 19.3 Å². The largest absolute Gasteiger partial charge is 0.493 e. The molecule has 1 unspecified atom stereocenters. The van der Waals surface area contributed by atoms with Crippen molar-refractivity contribution in [2.24, 2.45) is 23.2 Å². The third kappa shape index (κ3) is 17.9. The number of rotatable bonds is 33. The number of amides is 5. The van der Waals surface area contributed by atoms with Crippen LogP contribution in [0, 0.1) is 35.0 Å². The number of carboxylic acid groups (broad SMARTS) is 1. The summed E-state index contributed by atoms with van der Waals surface area (Å²) >= 11 is 0. The van der Waals surface area contributed by atoms with E-state index in [1.165, 1.54) is 50.1 Å². The molecule has 12 rings (SSSR count). The minimum absolute atomic E-state index is 0.0106. The Morgan fingerprint density at radius 3 is 2.02 bits per heavy atom. The normalized spacial score (nSPS) is 24.6. The molecule has 29 heteroatoms. The molecule has 11 atom stereocenters. The van der Waals surface area contributed by atoms with Crippen LogP contribution in [-0.4, -0.2) is 227 Å². The Morgan fingerprint density at radius 1 is 0.689 bits per heavy atom. The van der Waals surface area contributed by atoms with E-state index in [1.54, 1.807) is 11.0 Å². The second kappa shape index (κ2) is 34.3. The highest BCUT2D eigenvalue weighted by Gasteiger charge is 2.58. The maximum Gasteiger partial charge on any atom is 0.416 e. The van der Waals surface area contributed by atoms with Gasteiger partial charge in [0.05, 0.1) is 134 Å². The van der Waals surface area contributed by atoms with Gasteiger partial charge in [-0.05, 0) is 122 Å². The number of carbonyl (C=O) groups excluding carboxylic acids is 5. The summed E-state index contributed by atoms with van der Waals surface area (Å²) in [6.07, 6.45) is -4.39. The minimum atomic E-state index is -2.01. The lowest BCUT2D eigenvalue weighted by Crippen LogP contribution is -2.61. The molecule has 8 aliphatic rings. The van der Waals surface area contributed by atoms with Crippen LogP contribution in [0.25, 0.3) is 0 Å². The van der Waals surface area contributed by atoms with Crippen LogP contribution < -0.4 is 44.5 Å². The van der Waals surface area contributed by atoms with Crippen LogP contribution in [0.5, 0.6) is 28.7 Å². The molecule has 556 valence electrons. The van der Waals surface area contributed by atoms with Gasteiger partial charge in [0.15, 0.2) is 35.3 Å². The van der Waals surface area contributed by atoms with Crippen LogP contribution in [0.1, 0.15) is 108 Å². The number of aliphatic hydroxyl groups is 4. The summed E-state index contributed by atoms with van der Waals surface area (Å²) in [5, 5.41) is 62.7. The Kier molecular flexibility index (Phi) is 24.6. The lowest BCUT2D eigenvalue weighted by molar-refractivity contribution is -0.271. The lowest BCUT2D eigenvalue weighted by Gasteiger charge is -2.38. The first-order chi connectivity index (χ1) is 50.0.